The maximum Gasteiger partial charge on any atom is 0.322 e. The summed E-state index contributed by atoms with van der Waals surface area (Å²) in [6.45, 7) is 6.51. The number of aryl methyl sites for hydroxylation is 4. The van der Waals surface area contributed by atoms with Crippen LogP contribution in [0.1, 0.15) is 32.6 Å². The molecule has 0 saturated heterocycles. The van der Waals surface area contributed by atoms with E-state index in [2.05, 4.69) is 10.0 Å². The molecule has 3 aromatic carbocycles. The molecular formula is C25H25ClN2O5S. The molecule has 0 heterocycles. The van der Waals surface area contributed by atoms with Crippen molar-refractivity contribution in [3.05, 3.63) is 81.4 Å². The standard InChI is InChI=1S/C25H25ClN2O5S/c1-14-11-22(15(2)10-21(14)26)34(32,33)28-20-7-5-6-18(12-20)19-8-16(3)24(17(4)9-19)25(31)27-13-23(29)30/h5-12,28H,13H2,1-4H3,(H,27,31)(H,29,30). The van der Waals surface area contributed by atoms with E-state index >= 15 is 0 Å². The number of amides is 1. The summed E-state index contributed by atoms with van der Waals surface area (Å²) >= 11 is 6.11. The first-order chi connectivity index (χ1) is 15.9. The number of hydrogen-bond donors (Lipinski definition) is 3. The van der Waals surface area contributed by atoms with Crippen LogP contribution in [0.3, 0.4) is 0 Å². The number of carbonyl (C=O) groups is 2. The molecule has 0 saturated carbocycles. The van der Waals surface area contributed by atoms with Gasteiger partial charge in [-0.1, -0.05) is 35.9 Å². The number of carboxylic acids is 1. The third-order valence-electron chi connectivity index (χ3n) is 5.35. The zero-order chi connectivity index (χ0) is 25.2. The Morgan fingerprint density at radius 1 is 0.882 bits per heavy atom. The third kappa shape index (κ3) is 5.58. The van der Waals surface area contributed by atoms with E-state index in [9.17, 15) is 18.0 Å². The second kappa shape index (κ2) is 9.87. The number of nitrogens with one attached hydrogen (secondary N) is 2. The molecule has 7 nitrogen and oxygen atoms in total. The molecule has 3 aromatic rings. The Morgan fingerprint density at radius 2 is 1.53 bits per heavy atom. The molecule has 34 heavy (non-hydrogen) atoms. The smallest absolute Gasteiger partial charge is 0.322 e. The third-order valence-corrected chi connectivity index (χ3v) is 7.28. The van der Waals surface area contributed by atoms with Gasteiger partial charge in [0.15, 0.2) is 0 Å². The van der Waals surface area contributed by atoms with E-state index in [1.54, 1.807) is 58.0 Å². The van der Waals surface area contributed by atoms with Crippen molar-refractivity contribution >= 4 is 39.2 Å². The molecule has 0 aliphatic carbocycles. The van der Waals surface area contributed by atoms with E-state index in [0.29, 0.717) is 38.5 Å². The lowest BCUT2D eigenvalue weighted by Crippen LogP contribution is -2.30. The van der Waals surface area contributed by atoms with Gasteiger partial charge in [-0.15, -0.1) is 0 Å². The molecular weight excluding hydrogens is 476 g/mol. The number of hydrogen-bond acceptors (Lipinski definition) is 4. The molecule has 0 aromatic heterocycles. The zero-order valence-corrected chi connectivity index (χ0v) is 20.8. The average molecular weight is 501 g/mol. The van der Waals surface area contributed by atoms with Crippen molar-refractivity contribution in [3.8, 4) is 11.1 Å². The second-order valence-corrected chi connectivity index (χ2v) is 10.2. The van der Waals surface area contributed by atoms with Gasteiger partial charge in [0.25, 0.3) is 15.9 Å². The summed E-state index contributed by atoms with van der Waals surface area (Å²) in [6.07, 6.45) is 0. The fourth-order valence-electron chi connectivity index (χ4n) is 3.75. The molecule has 0 fully saturated rings. The highest BCUT2D eigenvalue weighted by Gasteiger charge is 2.19. The van der Waals surface area contributed by atoms with Crippen LogP contribution >= 0.6 is 11.6 Å². The van der Waals surface area contributed by atoms with E-state index < -0.39 is 28.4 Å². The van der Waals surface area contributed by atoms with Crippen molar-refractivity contribution in [2.75, 3.05) is 11.3 Å². The monoisotopic (exact) mass is 500 g/mol. The average Bonchev–Trinajstić information content (AvgIpc) is 2.74. The van der Waals surface area contributed by atoms with Gasteiger partial charge in [0, 0.05) is 16.3 Å². The Hall–Kier alpha value is -3.36. The van der Waals surface area contributed by atoms with Crippen LogP contribution in [0, 0.1) is 27.7 Å². The van der Waals surface area contributed by atoms with Crippen molar-refractivity contribution in [1.82, 2.24) is 5.32 Å². The number of carbonyl (C=O) groups excluding carboxylic acids is 1. The second-order valence-electron chi connectivity index (χ2n) is 8.11. The van der Waals surface area contributed by atoms with Gasteiger partial charge in [-0.2, -0.15) is 0 Å². The fourth-order valence-corrected chi connectivity index (χ4v) is 5.33. The van der Waals surface area contributed by atoms with E-state index in [1.165, 1.54) is 0 Å². The summed E-state index contributed by atoms with van der Waals surface area (Å²) in [7, 11) is -3.84. The maximum absolute atomic E-state index is 13.0. The summed E-state index contributed by atoms with van der Waals surface area (Å²) in [5.74, 6) is -1.58. The zero-order valence-electron chi connectivity index (χ0n) is 19.2. The summed E-state index contributed by atoms with van der Waals surface area (Å²) in [5.41, 5.74) is 4.92. The van der Waals surface area contributed by atoms with E-state index in [1.807, 2.05) is 18.2 Å². The van der Waals surface area contributed by atoms with Crippen LogP contribution in [-0.2, 0) is 14.8 Å². The molecule has 0 radical (unpaired) electrons. The minimum atomic E-state index is -3.84. The number of halogens is 1. The Labute approximate surface area is 203 Å². The Kier molecular flexibility index (Phi) is 7.33. The van der Waals surface area contributed by atoms with Gasteiger partial charge in [-0.3, -0.25) is 14.3 Å². The molecule has 0 aliphatic heterocycles. The lowest BCUT2D eigenvalue weighted by Gasteiger charge is -2.15. The first-order valence-electron chi connectivity index (χ1n) is 10.4. The molecule has 0 spiro atoms. The van der Waals surface area contributed by atoms with E-state index in [4.69, 9.17) is 16.7 Å². The Bertz CT molecular complexity index is 1380. The minimum absolute atomic E-state index is 0.156. The van der Waals surface area contributed by atoms with Crippen LogP contribution in [0.15, 0.2) is 53.4 Å². The maximum atomic E-state index is 13.0. The first kappa shape index (κ1) is 25.3. The Morgan fingerprint density at radius 3 is 2.15 bits per heavy atom. The molecule has 3 N–H and O–H groups in total. The summed E-state index contributed by atoms with van der Waals surface area (Å²) in [4.78, 5) is 23.3. The SMILES string of the molecule is Cc1cc(S(=O)(=O)Nc2cccc(-c3cc(C)c(C(=O)NCC(=O)O)c(C)c3)c2)c(C)cc1Cl. The molecule has 0 aliphatic rings. The molecule has 0 unspecified atom stereocenters. The number of carboxylic acid groups (broad SMARTS) is 1. The summed E-state index contributed by atoms with van der Waals surface area (Å²) in [5, 5.41) is 11.7. The van der Waals surface area contributed by atoms with Gasteiger partial charge >= 0.3 is 5.97 Å². The lowest BCUT2D eigenvalue weighted by atomic mass is 9.95. The molecule has 0 bridgehead atoms. The van der Waals surface area contributed by atoms with Crippen LogP contribution in [0.2, 0.25) is 5.02 Å². The normalized spacial score (nSPS) is 11.2. The van der Waals surface area contributed by atoms with Crippen molar-refractivity contribution in [2.24, 2.45) is 0 Å². The molecule has 1 amide bonds. The first-order valence-corrected chi connectivity index (χ1v) is 12.3. The number of benzene rings is 3. The molecule has 3 rings (SSSR count). The topological polar surface area (TPSA) is 113 Å². The quantitative estimate of drug-likeness (QED) is 0.429. The van der Waals surface area contributed by atoms with Crippen molar-refractivity contribution < 1.29 is 23.1 Å². The predicted octanol–water partition coefficient (Wildman–Crippen LogP) is 4.86. The van der Waals surface area contributed by atoms with Crippen LogP contribution in [0.4, 0.5) is 5.69 Å². The number of anilines is 1. The predicted molar refractivity (Wildman–Crippen MR) is 133 cm³/mol. The summed E-state index contributed by atoms with van der Waals surface area (Å²) in [6, 6.07) is 13.7. The highest BCUT2D eigenvalue weighted by molar-refractivity contribution is 7.92. The summed E-state index contributed by atoms with van der Waals surface area (Å²) < 4.78 is 28.7. The number of sulfonamides is 1. The van der Waals surface area contributed by atoms with Gasteiger partial charge in [-0.25, -0.2) is 8.42 Å². The van der Waals surface area contributed by atoms with Crippen LogP contribution < -0.4 is 10.0 Å². The van der Waals surface area contributed by atoms with Gasteiger partial charge in [0.2, 0.25) is 0 Å². The highest BCUT2D eigenvalue weighted by atomic mass is 35.5. The van der Waals surface area contributed by atoms with Crippen LogP contribution in [0.25, 0.3) is 11.1 Å². The molecule has 9 heteroatoms. The van der Waals surface area contributed by atoms with Crippen molar-refractivity contribution in [1.29, 1.82) is 0 Å². The molecule has 178 valence electrons. The van der Waals surface area contributed by atoms with Crippen molar-refractivity contribution in [3.63, 3.8) is 0 Å². The van der Waals surface area contributed by atoms with Crippen LogP contribution in [0.5, 0.6) is 0 Å². The van der Waals surface area contributed by atoms with Crippen LogP contribution in [-0.4, -0.2) is 31.9 Å². The van der Waals surface area contributed by atoms with E-state index in [-0.39, 0.29) is 4.90 Å². The van der Waals surface area contributed by atoms with Gasteiger partial charge < -0.3 is 10.4 Å². The minimum Gasteiger partial charge on any atom is -0.480 e. The van der Waals surface area contributed by atoms with E-state index in [0.717, 1.165) is 11.1 Å². The number of rotatable bonds is 7. The van der Waals surface area contributed by atoms with Crippen molar-refractivity contribution in [2.45, 2.75) is 32.6 Å². The lowest BCUT2D eigenvalue weighted by molar-refractivity contribution is -0.135. The van der Waals surface area contributed by atoms with Gasteiger partial charge in [0.1, 0.15) is 6.54 Å². The van der Waals surface area contributed by atoms with Gasteiger partial charge in [0.05, 0.1) is 4.90 Å². The largest absolute Gasteiger partial charge is 0.480 e. The Balaban J connectivity index is 1.92. The number of aliphatic carboxylic acids is 1. The molecule has 0 atom stereocenters. The van der Waals surface area contributed by atoms with Gasteiger partial charge in [-0.05, 0) is 85.3 Å². The highest BCUT2D eigenvalue weighted by Crippen LogP contribution is 2.29. The fraction of sp³-hybridized carbons (Fsp3) is 0.200.